The molecule has 7 N–H and O–H groups in total. The fraction of sp³-hybridized carbons (Fsp3) is 0.407. The second-order valence-electron chi connectivity index (χ2n) is 11.4. The van der Waals surface area contributed by atoms with Crippen LogP contribution in [-0.2, 0) is 41.0 Å². The number of hydrogen-bond donors (Lipinski definition) is 6. The third-order valence-electron chi connectivity index (χ3n) is 7.55. The first-order valence-corrected chi connectivity index (χ1v) is 16.4. The van der Waals surface area contributed by atoms with E-state index < -0.39 is 58.2 Å². The number of β-lactam (4-membered cyclic amide) rings is 1. The highest BCUT2D eigenvalue weighted by Gasteiger charge is 2.58. The SMILES string of the molecule is C[n+]1cc2cc(OC[C@H](O/N=C(\C(=O)N[C@@H]3C(=O)N(OS(=O)(=O)O)C3(C)C)c3csc(N)n3)C(=O)O)ccc2cc1NCC1CNC1. The van der Waals surface area contributed by atoms with Crippen molar-refractivity contribution in [3.8, 4) is 5.75 Å². The number of nitrogen functional groups attached to an aromatic ring is 1. The first-order valence-electron chi connectivity index (χ1n) is 14.1. The van der Waals surface area contributed by atoms with Crippen molar-refractivity contribution in [2.75, 3.05) is 37.3 Å². The molecule has 2 amide bonds. The number of carbonyl (C=O) groups excluding carboxylic acids is 2. The third kappa shape index (κ3) is 7.68. The molecule has 18 nitrogen and oxygen atoms in total. The first-order chi connectivity index (χ1) is 22.1. The molecule has 0 spiro atoms. The van der Waals surface area contributed by atoms with E-state index in [0.29, 0.717) is 16.7 Å². The number of ether oxygens (including phenoxy) is 1. The van der Waals surface area contributed by atoms with Gasteiger partial charge in [0.05, 0.1) is 25.3 Å². The van der Waals surface area contributed by atoms with Crippen molar-refractivity contribution in [2.24, 2.45) is 18.1 Å². The quantitative estimate of drug-likeness (QED) is 0.0407. The van der Waals surface area contributed by atoms with Crippen LogP contribution in [-0.4, -0.2) is 95.5 Å². The summed E-state index contributed by atoms with van der Waals surface area (Å²) in [5.74, 6) is -1.54. The Balaban J connectivity index is 1.27. The molecule has 4 heterocycles. The summed E-state index contributed by atoms with van der Waals surface area (Å²) in [6, 6.07) is 5.97. The number of fused-ring (bicyclic) bond motifs is 1. The second-order valence-corrected chi connectivity index (χ2v) is 13.3. The number of oxime groups is 1. The number of nitrogens with one attached hydrogen (secondary N) is 3. The molecule has 0 unspecified atom stereocenters. The van der Waals surface area contributed by atoms with Crippen LogP contribution in [0.4, 0.5) is 10.9 Å². The van der Waals surface area contributed by atoms with Gasteiger partial charge in [0.2, 0.25) is 0 Å². The maximum absolute atomic E-state index is 13.2. The molecular formula is C27H33N8O10S2+. The molecule has 47 heavy (non-hydrogen) atoms. The lowest BCUT2D eigenvalue weighted by atomic mass is 9.84. The highest BCUT2D eigenvalue weighted by molar-refractivity contribution is 7.80. The third-order valence-corrected chi connectivity index (χ3v) is 8.56. The number of anilines is 2. The number of rotatable bonds is 14. The van der Waals surface area contributed by atoms with Crippen LogP contribution in [0.5, 0.6) is 5.75 Å². The number of aromatic nitrogens is 2. The Hall–Kier alpha value is -4.63. The Labute approximate surface area is 272 Å². The van der Waals surface area contributed by atoms with Crippen LogP contribution in [0.2, 0.25) is 0 Å². The number of benzene rings is 1. The summed E-state index contributed by atoms with van der Waals surface area (Å²) in [6.45, 7) is 5.08. The van der Waals surface area contributed by atoms with E-state index >= 15 is 0 Å². The van der Waals surface area contributed by atoms with E-state index in [2.05, 4.69) is 30.4 Å². The number of thiazole rings is 1. The lowest BCUT2D eigenvalue weighted by Gasteiger charge is -2.50. The van der Waals surface area contributed by atoms with Gasteiger partial charge in [0.1, 0.15) is 24.1 Å². The largest absolute Gasteiger partial charge is 0.489 e. The molecule has 2 atom stereocenters. The van der Waals surface area contributed by atoms with Gasteiger partial charge in [-0.3, -0.25) is 19.5 Å². The van der Waals surface area contributed by atoms with Crippen molar-refractivity contribution in [3.05, 3.63) is 41.5 Å². The number of nitrogens with zero attached hydrogens (tertiary/aromatic N) is 4. The minimum atomic E-state index is -5.01. The zero-order valence-electron chi connectivity index (χ0n) is 25.4. The van der Waals surface area contributed by atoms with E-state index in [1.807, 2.05) is 29.9 Å². The van der Waals surface area contributed by atoms with Gasteiger partial charge in [-0.2, -0.15) is 13.5 Å². The van der Waals surface area contributed by atoms with Crippen molar-refractivity contribution in [3.63, 3.8) is 0 Å². The van der Waals surface area contributed by atoms with Crippen molar-refractivity contribution in [2.45, 2.75) is 31.5 Å². The first kappa shape index (κ1) is 33.7. The average Bonchev–Trinajstić information content (AvgIpc) is 3.40. The monoisotopic (exact) mass is 693 g/mol. The second kappa shape index (κ2) is 13.2. The smallest absolute Gasteiger partial charge is 0.418 e. The lowest BCUT2D eigenvalue weighted by molar-refractivity contribution is -0.655. The molecule has 2 aromatic heterocycles. The summed E-state index contributed by atoms with van der Waals surface area (Å²) in [4.78, 5) is 47.0. The highest BCUT2D eigenvalue weighted by atomic mass is 32.3. The predicted octanol–water partition coefficient (Wildman–Crippen LogP) is -0.573. The Bertz CT molecular complexity index is 1840. The number of amides is 2. The van der Waals surface area contributed by atoms with Gasteiger partial charge >= 0.3 is 16.4 Å². The highest BCUT2D eigenvalue weighted by Crippen LogP contribution is 2.33. The summed E-state index contributed by atoms with van der Waals surface area (Å²) in [5.41, 5.74) is 3.69. The molecule has 0 radical (unpaired) electrons. The molecule has 2 saturated heterocycles. The fourth-order valence-electron chi connectivity index (χ4n) is 4.79. The number of aryl methyl sites for hydroxylation is 1. The van der Waals surface area contributed by atoms with Crippen LogP contribution in [0.1, 0.15) is 19.5 Å². The number of aliphatic carboxylic acids is 1. The van der Waals surface area contributed by atoms with Crippen molar-refractivity contribution >= 4 is 67.0 Å². The van der Waals surface area contributed by atoms with E-state index in [9.17, 15) is 27.9 Å². The zero-order chi connectivity index (χ0) is 34.1. The van der Waals surface area contributed by atoms with Crippen LogP contribution >= 0.6 is 11.3 Å². The van der Waals surface area contributed by atoms with Gasteiger partial charge in [-0.1, -0.05) is 11.2 Å². The minimum absolute atomic E-state index is 0.0645. The molecule has 2 aliphatic rings. The summed E-state index contributed by atoms with van der Waals surface area (Å²) >= 11 is 0.965. The fourth-order valence-corrected chi connectivity index (χ4v) is 5.79. The van der Waals surface area contributed by atoms with Crippen molar-refractivity contribution in [1.29, 1.82) is 0 Å². The molecule has 2 aliphatic heterocycles. The molecule has 3 aromatic rings. The normalized spacial score (nSPS) is 18.6. The summed E-state index contributed by atoms with van der Waals surface area (Å²) in [6.07, 6.45) is 0.250. The summed E-state index contributed by atoms with van der Waals surface area (Å²) in [7, 11) is -3.10. The van der Waals surface area contributed by atoms with E-state index in [-0.39, 0.29) is 10.8 Å². The number of carbonyl (C=O) groups is 3. The van der Waals surface area contributed by atoms with E-state index in [1.165, 1.54) is 19.2 Å². The van der Waals surface area contributed by atoms with Gasteiger partial charge in [0.25, 0.3) is 23.7 Å². The van der Waals surface area contributed by atoms with Crippen LogP contribution in [0, 0.1) is 5.92 Å². The van der Waals surface area contributed by atoms with E-state index in [1.54, 1.807) is 12.1 Å². The van der Waals surface area contributed by atoms with Gasteiger partial charge in [-0.05, 0) is 31.4 Å². The molecule has 2 fully saturated rings. The van der Waals surface area contributed by atoms with Crippen molar-refractivity contribution < 1.29 is 50.9 Å². The summed E-state index contributed by atoms with van der Waals surface area (Å²) < 4.78 is 43.1. The predicted molar refractivity (Wildman–Crippen MR) is 167 cm³/mol. The average molecular weight is 694 g/mol. The maximum Gasteiger partial charge on any atom is 0.418 e. The standard InChI is InChI=1S/C27H32N8O10S2/c1-27(2)22(24(37)35(27)45-47(40,41)42)32-23(36)21(18-13-46-26(28)31-18)33-44-19(25(38)39)12-43-17-5-4-15-7-20(30-10-14-8-29-9-14)34(3)11-16(15)6-17/h4-7,11,13-14,19,22,29H,8-10,12H2,1-3H3,(H5,28,31,32,36,38,39,40,41,42)/p+1/b33-21-/t19-,22+/m0/s1. The molecule has 0 saturated carbocycles. The lowest BCUT2D eigenvalue weighted by Crippen LogP contribution is -2.76. The number of carboxylic acid groups (broad SMARTS) is 1. The van der Waals surface area contributed by atoms with Crippen LogP contribution in [0.25, 0.3) is 10.8 Å². The Kier molecular flexibility index (Phi) is 9.50. The minimum Gasteiger partial charge on any atom is -0.489 e. The van der Waals surface area contributed by atoms with Crippen LogP contribution in [0.15, 0.2) is 41.0 Å². The number of hydroxylamine groups is 2. The Morgan fingerprint density at radius 3 is 2.64 bits per heavy atom. The Morgan fingerprint density at radius 1 is 1.30 bits per heavy atom. The summed E-state index contributed by atoms with van der Waals surface area (Å²) in [5, 5.41) is 26.2. The molecule has 1 aromatic carbocycles. The topological polar surface area (TPSA) is 248 Å². The van der Waals surface area contributed by atoms with E-state index in [0.717, 1.165) is 47.6 Å². The van der Waals surface area contributed by atoms with Gasteiger partial charge in [0, 0.05) is 35.8 Å². The molecular weight excluding hydrogens is 660 g/mol. The van der Waals surface area contributed by atoms with Gasteiger partial charge in [-0.15, -0.1) is 15.6 Å². The van der Waals surface area contributed by atoms with E-state index in [4.69, 9.17) is 19.9 Å². The molecule has 5 rings (SSSR count). The van der Waals surface area contributed by atoms with Crippen LogP contribution < -0.4 is 31.0 Å². The molecule has 0 bridgehead atoms. The number of carboxylic acids is 1. The van der Waals surface area contributed by atoms with Gasteiger partial charge in [-0.25, -0.2) is 14.3 Å². The maximum atomic E-state index is 13.2. The van der Waals surface area contributed by atoms with Crippen LogP contribution in [0.3, 0.4) is 0 Å². The number of nitrogens with two attached hydrogens (primary N) is 1. The molecule has 0 aliphatic carbocycles. The van der Waals surface area contributed by atoms with Gasteiger partial charge < -0.3 is 31.0 Å². The number of hydrogen-bond acceptors (Lipinski definition) is 14. The van der Waals surface area contributed by atoms with Crippen molar-refractivity contribution in [1.82, 2.24) is 20.7 Å². The molecule has 20 heteroatoms. The van der Waals surface area contributed by atoms with Gasteiger partial charge in [0.15, 0.2) is 10.8 Å². The number of pyridine rings is 1. The zero-order valence-corrected chi connectivity index (χ0v) is 27.0. The molecule has 252 valence electrons. The Morgan fingerprint density at radius 2 is 2.04 bits per heavy atom.